The first-order valence-electron chi connectivity index (χ1n) is 22.4. The Bertz CT molecular complexity index is 2990. The summed E-state index contributed by atoms with van der Waals surface area (Å²) in [6.45, 7) is 5.61. The SMILES string of the molecule is C=C(C)c1cc(COc2ccc(C(CC(=O)O)c3ccon3)cc2)ccc1OC(F)(F)F.O=C(C[C@@H](c1ccc(OCc2ccc(OC(F)(F)F)c(Br)c2)cc1)c1ccon1)N1C(=O)OC[C@@H]1Cc1ccccc1. The van der Waals surface area contributed by atoms with Crippen LogP contribution < -0.4 is 18.9 Å². The Morgan fingerprint density at radius 3 is 1.72 bits per heavy atom. The van der Waals surface area contributed by atoms with Gasteiger partial charge in [0.2, 0.25) is 5.91 Å². The maximum atomic E-state index is 13.5. The third kappa shape index (κ3) is 15.2. The minimum absolute atomic E-state index is 0.0481. The lowest BCUT2D eigenvalue weighted by atomic mass is 9.91. The minimum Gasteiger partial charge on any atom is -0.489 e. The zero-order chi connectivity index (χ0) is 53.0. The zero-order valence-electron chi connectivity index (χ0n) is 39.0. The maximum absolute atomic E-state index is 13.5. The summed E-state index contributed by atoms with van der Waals surface area (Å²) in [4.78, 5) is 38.4. The lowest BCUT2D eigenvalue weighted by Gasteiger charge is -2.22. The molecule has 8 rings (SSSR count). The van der Waals surface area contributed by atoms with Crippen molar-refractivity contribution in [2.24, 2.45) is 0 Å². The third-order valence-corrected chi connectivity index (χ3v) is 11.9. The van der Waals surface area contributed by atoms with E-state index in [1.807, 2.05) is 30.3 Å². The van der Waals surface area contributed by atoms with Crippen molar-refractivity contribution >= 4 is 39.5 Å². The number of carbonyl (C=O) groups excluding carboxylic acids is 2. The first-order valence-corrected chi connectivity index (χ1v) is 23.2. The number of carboxylic acid groups (broad SMARTS) is 1. The fraction of sp³-hybridized carbons (Fsp3) is 0.226. The van der Waals surface area contributed by atoms with E-state index in [1.165, 1.54) is 53.8 Å². The molecule has 2 amide bonds. The largest absolute Gasteiger partial charge is 0.573 e. The van der Waals surface area contributed by atoms with Gasteiger partial charge < -0.3 is 37.8 Å². The normalized spacial score (nSPS) is 14.2. The highest BCUT2D eigenvalue weighted by molar-refractivity contribution is 9.10. The molecular weight excluding hydrogens is 1050 g/mol. The summed E-state index contributed by atoms with van der Waals surface area (Å²) in [5.74, 6) is -2.00. The lowest BCUT2D eigenvalue weighted by molar-refractivity contribution is -0.275. The number of alkyl halides is 6. The summed E-state index contributed by atoms with van der Waals surface area (Å²) in [5, 5.41) is 17.1. The summed E-state index contributed by atoms with van der Waals surface area (Å²) in [5.41, 5.74) is 5.41. The van der Waals surface area contributed by atoms with Crippen LogP contribution in [0.25, 0.3) is 5.57 Å². The van der Waals surface area contributed by atoms with E-state index in [4.69, 9.17) is 23.3 Å². The molecule has 7 aromatic rings. The molecule has 0 aliphatic carbocycles. The van der Waals surface area contributed by atoms with E-state index in [2.05, 4.69) is 42.3 Å². The van der Waals surface area contributed by atoms with Crippen LogP contribution in [0, 0.1) is 0 Å². The number of hydrogen-bond acceptors (Lipinski definition) is 12. The van der Waals surface area contributed by atoms with E-state index >= 15 is 0 Å². The van der Waals surface area contributed by atoms with Gasteiger partial charge in [-0.3, -0.25) is 9.59 Å². The van der Waals surface area contributed by atoms with Gasteiger partial charge in [0.1, 0.15) is 55.3 Å². The number of nitrogens with zero attached hydrogens (tertiary/aromatic N) is 3. The van der Waals surface area contributed by atoms with Gasteiger partial charge in [0.05, 0.1) is 28.3 Å². The van der Waals surface area contributed by atoms with E-state index in [9.17, 15) is 45.8 Å². The number of imide groups is 1. The average Bonchev–Trinajstić information content (AvgIpc) is 4.17. The smallest absolute Gasteiger partial charge is 0.489 e. The van der Waals surface area contributed by atoms with Crippen molar-refractivity contribution in [1.29, 1.82) is 0 Å². The molecule has 21 heteroatoms. The number of carboxylic acids is 1. The van der Waals surface area contributed by atoms with Crippen molar-refractivity contribution in [3.05, 3.63) is 196 Å². The molecule has 386 valence electrons. The van der Waals surface area contributed by atoms with Crippen LogP contribution in [0.4, 0.5) is 31.1 Å². The van der Waals surface area contributed by atoms with Gasteiger partial charge in [-0.1, -0.05) is 83.6 Å². The summed E-state index contributed by atoms with van der Waals surface area (Å²) < 4.78 is 110. The number of rotatable bonds is 19. The monoisotopic (exact) mass is 1090 g/mol. The summed E-state index contributed by atoms with van der Waals surface area (Å²) in [7, 11) is 0. The van der Waals surface area contributed by atoms with Crippen molar-refractivity contribution in [3.63, 3.8) is 0 Å². The van der Waals surface area contributed by atoms with Crippen molar-refractivity contribution in [2.75, 3.05) is 6.61 Å². The molecular formula is C53H44BrF6N3O11. The van der Waals surface area contributed by atoms with Gasteiger partial charge in [-0.15, -0.1) is 26.3 Å². The van der Waals surface area contributed by atoms with Gasteiger partial charge >= 0.3 is 24.8 Å². The standard InChI is InChI=1S/C30H24BrF3N2O6.C23H20F3NO5/c31-25-15-20(6-11-27(25)42-30(32,33)34)17-39-23-9-7-21(8-10-23)24(26-12-13-41-35-26)16-28(37)36-22(18-40-29(36)38)14-19-4-2-1-3-5-19;1-14(2)18-11-15(3-8-21(18)32-23(24,25)26)13-30-17-6-4-16(5-7-17)19(12-22(28)29)20-9-10-31-27-20/h1-13,15,22,24H,14,16-18H2;3-11,19H,1,12-13H2,2H3,(H,28,29)/t22-,24-;/m0./s1. The van der Waals surface area contributed by atoms with E-state index < -0.39 is 48.6 Å². The molecule has 1 unspecified atom stereocenters. The first kappa shape index (κ1) is 53.7. The number of aliphatic carboxylic acids is 1. The van der Waals surface area contributed by atoms with E-state index in [1.54, 1.807) is 67.6 Å². The van der Waals surface area contributed by atoms with Gasteiger partial charge in [-0.2, -0.15) is 0 Å². The molecule has 2 aromatic heterocycles. The molecule has 74 heavy (non-hydrogen) atoms. The number of ether oxygens (including phenoxy) is 5. The van der Waals surface area contributed by atoms with Crippen LogP contribution in [0.2, 0.25) is 0 Å². The summed E-state index contributed by atoms with van der Waals surface area (Å²) in [6, 6.07) is 34.7. The quantitative estimate of drug-likeness (QED) is 0.0759. The molecule has 3 heterocycles. The topological polar surface area (TPSA) is 173 Å². The molecule has 1 fully saturated rings. The number of allylic oxidation sites excluding steroid dienone is 1. The number of cyclic esters (lactones) is 1. The third-order valence-electron chi connectivity index (χ3n) is 11.3. The Labute approximate surface area is 427 Å². The van der Waals surface area contributed by atoms with Crippen molar-refractivity contribution in [1.82, 2.24) is 15.2 Å². The van der Waals surface area contributed by atoms with Crippen molar-refractivity contribution < 1.29 is 78.6 Å². The number of amides is 2. The Morgan fingerprint density at radius 2 is 1.23 bits per heavy atom. The Hall–Kier alpha value is -8.07. The van der Waals surface area contributed by atoms with Crippen LogP contribution in [0.3, 0.4) is 0 Å². The maximum Gasteiger partial charge on any atom is 0.573 e. The van der Waals surface area contributed by atoms with Gasteiger partial charge in [0.15, 0.2) is 0 Å². The molecule has 0 spiro atoms. The van der Waals surface area contributed by atoms with Crippen LogP contribution in [-0.4, -0.2) is 63.7 Å². The number of halogens is 7. The number of hydrogen-bond donors (Lipinski definition) is 1. The van der Waals surface area contributed by atoms with Crippen LogP contribution in [0.1, 0.15) is 76.4 Å². The van der Waals surface area contributed by atoms with Crippen LogP contribution in [0.15, 0.2) is 160 Å². The second-order valence-electron chi connectivity index (χ2n) is 16.6. The summed E-state index contributed by atoms with van der Waals surface area (Å²) in [6.07, 6.45) is -7.19. The predicted octanol–water partition coefficient (Wildman–Crippen LogP) is 12.8. The first-order chi connectivity index (χ1) is 35.3. The summed E-state index contributed by atoms with van der Waals surface area (Å²) >= 11 is 3.08. The molecule has 1 aliphatic rings. The lowest BCUT2D eigenvalue weighted by Crippen LogP contribution is -2.40. The van der Waals surface area contributed by atoms with Crippen molar-refractivity contribution in [3.8, 4) is 23.0 Å². The van der Waals surface area contributed by atoms with Gasteiger partial charge in [-0.25, -0.2) is 9.69 Å². The molecule has 0 saturated carbocycles. The van der Waals surface area contributed by atoms with Crippen molar-refractivity contribution in [2.45, 2.75) is 70.0 Å². The van der Waals surface area contributed by atoms with Gasteiger partial charge in [0.25, 0.3) is 0 Å². The molecule has 5 aromatic carbocycles. The molecule has 1 saturated heterocycles. The average molecular weight is 1090 g/mol. The van der Waals surface area contributed by atoms with Crippen LogP contribution in [-0.2, 0) is 34.0 Å². The van der Waals surface area contributed by atoms with Gasteiger partial charge in [0, 0.05) is 36.0 Å². The number of aromatic nitrogens is 2. The molecule has 0 radical (unpaired) electrons. The second kappa shape index (κ2) is 24.1. The molecule has 0 bridgehead atoms. The Kier molecular flexibility index (Phi) is 17.5. The number of carbonyl (C=O) groups is 3. The van der Waals surface area contributed by atoms with Crippen LogP contribution >= 0.6 is 15.9 Å². The zero-order valence-corrected chi connectivity index (χ0v) is 40.6. The second-order valence-corrected chi connectivity index (χ2v) is 17.5. The predicted molar refractivity (Wildman–Crippen MR) is 256 cm³/mol. The molecule has 3 atom stereocenters. The van der Waals surface area contributed by atoms with E-state index in [0.717, 1.165) is 16.7 Å². The number of benzene rings is 5. The molecule has 14 nitrogen and oxygen atoms in total. The highest BCUT2D eigenvalue weighted by atomic mass is 79.9. The fourth-order valence-electron chi connectivity index (χ4n) is 7.82. The van der Waals surface area contributed by atoms with E-state index in [-0.39, 0.29) is 54.2 Å². The highest BCUT2D eigenvalue weighted by Crippen LogP contribution is 2.35. The molecule has 1 aliphatic heterocycles. The molecule has 1 N–H and O–H groups in total. The van der Waals surface area contributed by atoms with Crippen LogP contribution in [0.5, 0.6) is 23.0 Å². The Morgan fingerprint density at radius 1 is 0.716 bits per heavy atom. The van der Waals surface area contributed by atoms with E-state index in [0.29, 0.717) is 46.0 Å². The highest BCUT2D eigenvalue weighted by Gasteiger charge is 2.39. The van der Waals surface area contributed by atoms with Gasteiger partial charge in [-0.05, 0) is 111 Å². The fourth-order valence-corrected chi connectivity index (χ4v) is 8.33. The Balaban J connectivity index is 0.000000225. The minimum atomic E-state index is -4.80.